The van der Waals surface area contributed by atoms with Crippen LogP contribution < -0.4 is 16.6 Å². The summed E-state index contributed by atoms with van der Waals surface area (Å²) in [4.78, 5) is 4.29. The van der Waals surface area contributed by atoms with Gasteiger partial charge in [-0.1, -0.05) is 25.5 Å². The number of halogens is 1. The zero-order chi connectivity index (χ0) is 13.2. The number of hydrogen-bond acceptors (Lipinski definition) is 2. The van der Waals surface area contributed by atoms with Crippen LogP contribution in [0.5, 0.6) is 0 Å². The van der Waals surface area contributed by atoms with Crippen molar-refractivity contribution < 1.29 is 4.39 Å². The smallest absolute Gasteiger partial charge is 0.205 e. The van der Waals surface area contributed by atoms with Crippen molar-refractivity contribution in [2.45, 2.75) is 26.2 Å². The minimum atomic E-state index is -0.211. The summed E-state index contributed by atoms with van der Waals surface area (Å²) in [5.74, 6) is 5.75. The maximum absolute atomic E-state index is 12.7. The van der Waals surface area contributed by atoms with Crippen LogP contribution in [-0.4, -0.2) is 19.0 Å². The highest BCUT2D eigenvalue weighted by atomic mass is 19.1. The van der Waals surface area contributed by atoms with Crippen molar-refractivity contribution in [2.75, 3.05) is 13.1 Å². The quantitative estimate of drug-likeness (QED) is 0.237. The van der Waals surface area contributed by atoms with Crippen LogP contribution in [0, 0.1) is 5.82 Å². The van der Waals surface area contributed by atoms with E-state index in [4.69, 9.17) is 5.84 Å². The second kappa shape index (κ2) is 8.47. The van der Waals surface area contributed by atoms with Crippen LogP contribution in [0.15, 0.2) is 29.3 Å². The van der Waals surface area contributed by atoms with E-state index in [1.165, 1.54) is 12.1 Å². The molecule has 0 bridgehead atoms. The first-order valence-corrected chi connectivity index (χ1v) is 6.25. The molecule has 18 heavy (non-hydrogen) atoms. The standard InChI is InChI=1S/C13H21FN4/c1-2-3-9-16-13(18-15)17-10-8-11-4-6-12(14)7-5-11/h4-7H,2-3,8-10,15H2,1H3,(H2,16,17,18). The summed E-state index contributed by atoms with van der Waals surface area (Å²) in [5.41, 5.74) is 3.61. The fraction of sp³-hybridized carbons (Fsp3) is 0.462. The van der Waals surface area contributed by atoms with Gasteiger partial charge in [0.15, 0.2) is 0 Å². The number of rotatable bonds is 6. The van der Waals surface area contributed by atoms with Crippen molar-refractivity contribution in [1.29, 1.82) is 0 Å². The Morgan fingerprint density at radius 3 is 2.67 bits per heavy atom. The van der Waals surface area contributed by atoms with Crippen molar-refractivity contribution in [3.8, 4) is 0 Å². The molecule has 1 rings (SSSR count). The first kappa shape index (κ1) is 14.4. The molecular weight excluding hydrogens is 231 g/mol. The van der Waals surface area contributed by atoms with Gasteiger partial charge in [0.25, 0.3) is 0 Å². The Morgan fingerprint density at radius 1 is 1.33 bits per heavy atom. The van der Waals surface area contributed by atoms with E-state index in [2.05, 4.69) is 22.7 Å². The molecule has 1 aromatic rings. The highest BCUT2D eigenvalue weighted by Gasteiger charge is 1.97. The molecule has 0 amide bonds. The van der Waals surface area contributed by atoms with Gasteiger partial charge in [0.05, 0.1) is 0 Å². The van der Waals surface area contributed by atoms with Gasteiger partial charge in [0, 0.05) is 13.1 Å². The van der Waals surface area contributed by atoms with E-state index in [1.54, 1.807) is 12.1 Å². The Labute approximate surface area is 107 Å². The van der Waals surface area contributed by atoms with Crippen molar-refractivity contribution in [2.24, 2.45) is 10.8 Å². The SMILES string of the molecule is CCCCN=C(NN)NCCc1ccc(F)cc1. The molecule has 0 saturated heterocycles. The van der Waals surface area contributed by atoms with Crippen LogP contribution in [-0.2, 0) is 6.42 Å². The van der Waals surface area contributed by atoms with Gasteiger partial charge in [-0.3, -0.25) is 10.4 Å². The molecule has 0 aliphatic carbocycles. The number of benzene rings is 1. The maximum Gasteiger partial charge on any atom is 0.205 e. The van der Waals surface area contributed by atoms with Gasteiger partial charge in [-0.25, -0.2) is 10.2 Å². The third-order valence-electron chi connectivity index (χ3n) is 2.54. The van der Waals surface area contributed by atoms with Crippen LogP contribution in [0.1, 0.15) is 25.3 Å². The highest BCUT2D eigenvalue weighted by molar-refractivity contribution is 5.79. The average Bonchev–Trinajstić information content (AvgIpc) is 2.39. The van der Waals surface area contributed by atoms with Crippen LogP contribution in [0.2, 0.25) is 0 Å². The molecule has 0 aromatic heterocycles. The van der Waals surface area contributed by atoms with E-state index in [1.807, 2.05) is 0 Å². The number of nitrogens with two attached hydrogens (primary N) is 1. The maximum atomic E-state index is 12.7. The third-order valence-corrected chi connectivity index (χ3v) is 2.54. The molecule has 0 heterocycles. The van der Waals surface area contributed by atoms with E-state index in [-0.39, 0.29) is 5.82 Å². The molecule has 0 atom stereocenters. The summed E-state index contributed by atoms with van der Waals surface area (Å²) in [6, 6.07) is 6.49. The molecule has 0 fully saturated rings. The van der Waals surface area contributed by atoms with Crippen molar-refractivity contribution in [3.63, 3.8) is 0 Å². The van der Waals surface area contributed by atoms with Crippen LogP contribution >= 0.6 is 0 Å². The normalized spacial score (nSPS) is 11.4. The predicted molar refractivity (Wildman–Crippen MR) is 72.6 cm³/mol. The molecule has 0 unspecified atom stereocenters. The molecule has 0 aliphatic rings. The lowest BCUT2D eigenvalue weighted by atomic mass is 10.1. The summed E-state index contributed by atoms with van der Waals surface area (Å²) < 4.78 is 12.7. The number of unbranched alkanes of at least 4 members (excludes halogenated alkanes) is 1. The molecule has 4 nitrogen and oxygen atoms in total. The van der Waals surface area contributed by atoms with Gasteiger partial charge >= 0.3 is 0 Å². The summed E-state index contributed by atoms with van der Waals surface area (Å²) >= 11 is 0. The molecule has 4 N–H and O–H groups in total. The van der Waals surface area contributed by atoms with E-state index in [0.29, 0.717) is 12.5 Å². The number of hydrogen-bond donors (Lipinski definition) is 3. The molecule has 1 aromatic carbocycles. The Morgan fingerprint density at radius 2 is 2.06 bits per heavy atom. The molecule has 0 spiro atoms. The van der Waals surface area contributed by atoms with Gasteiger partial charge in [0.2, 0.25) is 5.96 Å². The lowest BCUT2D eigenvalue weighted by Gasteiger charge is -2.09. The largest absolute Gasteiger partial charge is 0.355 e. The van der Waals surface area contributed by atoms with Gasteiger partial charge in [-0.2, -0.15) is 0 Å². The molecule has 5 heteroatoms. The number of hydrazine groups is 1. The second-order valence-electron chi connectivity index (χ2n) is 4.03. The molecule has 100 valence electrons. The van der Waals surface area contributed by atoms with Crippen molar-refractivity contribution >= 4 is 5.96 Å². The summed E-state index contributed by atoms with van der Waals surface area (Å²) in [7, 11) is 0. The summed E-state index contributed by atoms with van der Waals surface area (Å²) in [6.07, 6.45) is 2.95. The lowest BCUT2D eigenvalue weighted by Crippen LogP contribution is -2.42. The Kier molecular flexibility index (Phi) is 6.79. The van der Waals surface area contributed by atoms with Crippen molar-refractivity contribution in [3.05, 3.63) is 35.6 Å². The number of nitrogens with zero attached hydrogens (tertiary/aromatic N) is 1. The lowest BCUT2D eigenvalue weighted by molar-refractivity contribution is 0.626. The van der Waals surface area contributed by atoms with Crippen LogP contribution in [0.4, 0.5) is 4.39 Å². The average molecular weight is 252 g/mol. The molecule has 0 saturated carbocycles. The van der Waals surface area contributed by atoms with E-state index >= 15 is 0 Å². The Bertz CT molecular complexity index is 362. The van der Waals surface area contributed by atoms with Gasteiger partial charge < -0.3 is 5.32 Å². The summed E-state index contributed by atoms with van der Waals surface area (Å²) in [6.45, 7) is 3.59. The predicted octanol–water partition coefficient (Wildman–Crippen LogP) is 1.58. The topological polar surface area (TPSA) is 62.4 Å². The second-order valence-corrected chi connectivity index (χ2v) is 4.03. The van der Waals surface area contributed by atoms with Gasteiger partial charge in [-0.15, -0.1) is 0 Å². The third kappa shape index (κ3) is 5.63. The zero-order valence-electron chi connectivity index (χ0n) is 10.7. The monoisotopic (exact) mass is 252 g/mol. The van der Waals surface area contributed by atoms with Crippen molar-refractivity contribution in [1.82, 2.24) is 10.7 Å². The van der Waals surface area contributed by atoms with E-state index in [0.717, 1.165) is 31.4 Å². The summed E-state index contributed by atoms with van der Waals surface area (Å²) in [5, 5.41) is 3.11. The molecular formula is C13H21FN4. The number of aliphatic imine (C=N–C) groups is 1. The molecule has 0 aliphatic heterocycles. The molecule has 0 radical (unpaired) electrons. The number of guanidine groups is 1. The minimum Gasteiger partial charge on any atom is -0.355 e. The Hall–Kier alpha value is -1.62. The first-order chi connectivity index (χ1) is 8.76. The van der Waals surface area contributed by atoms with Gasteiger partial charge in [0.1, 0.15) is 5.82 Å². The fourth-order valence-electron chi connectivity index (χ4n) is 1.48. The first-order valence-electron chi connectivity index (χ1n) is 6.25. The van der Waals surface area contributed by atoms with Crippen LogP contribution in [0.25, 0.3) is 0 Å². The van der Waals surface area contributed by atoms with Gasteiger partial charge in [-0.05, 0) is 30.5 Å². The van der Waals surface area contributed by atoms with E-state index in [9.17, 15) is 4.39 Å². The van der Waals surface area contributed by atoms with Crippen LogP contribution in [0.3, 0.4) is 0 Å². The highest BCUT2D eigenvalue weighted by Crippen LogP contribution is 2.02. The zero-order valence-corrected chi connectivity index (χ0v) is 10.7. The number of nitrogens with one attached hydrogen (secondary N) is 2. The Balaban J connectivity index is 2.30. The fourth-order valence-corrected chi connectivity index (χ4v) is 1.48. The van der Waals surface area contributed by atoms with E-state index < -0.39 is 0 Å². The minimum absolute atomic E-state index is 0.211.